The van der Waals surface area contributed by atoms with Crippen molar-refractivity contribution in [3.8, 4) is 0 Å². The van der Waals surface area contributed by atoms with Crippen molar-refractivity contribution >= 4 is 40.1 Å². The van der Waals surface area contributed by atoms with E-state index in [4.69, 9.17) is 10.5 Å². The third kappa shape index (κ3) is 4.97. The van der Waals surface area contributed by atoms with Crippen LogP contribution in [0.3, 0.4) is 0 Å². The lowest BCUT2D eigenvalue weighted by Crippen LogP contribution is -2.46. The number of esters is 1. The van der Waals surface area contributed by atoms with Crippen LogP contribution in [0.4, 0.5) is 5.13 Å². The van der Waals surface area contributed by atoms with Gasteiger partial charge in [0, 0.05) is 0 Å². The van der Waals surface area contributed by atoms with Crippen LogP contribution in [0.1, 0.15) is 20.3 Å². The molecule has 3 N–H and O–H groups in total. The highest BCUT2D eigenvalue weighted by Crippen LogP contribution is 2.23. The van der Waals surface area contributed by atoms with Gasteiger partial charge >= 0.3 is 5.97 Å². The first-order valence-corrected chi connectivity index (χ1v) is 7.87. The fraction of sp³-hybridized carbons (Fsp3) is 0.636. The Morgan fingerprint density at radius 3 is 2.70 bits per heavy atom. The number of carbonyl (C=O) groups is 2. The molecule has 0 saturated carbocycles. The number of nitrogens with two attached hydrogens (primary N) is 1. The third-order valence-corrected chi connectivity index (χ3v) is 4.62. The molecule has 2 unspecified atom stereocenters. The second-order valence-electron chi connectivity index (χ2n) is 4.15. The van der Waals surface area contributed by atoms with Gasteiger partial charge in [0.15, 0.2) is 4.34 Å². The summed E-state index contributed by atoms with van der Waals surface area (Å²) in [6.07, 6.45) is 0.764. The van der Waals surface area contributed by atoms with Crippen LogP contribution >= 0.6 is 23.1 Å². The molecule has 2 atom stereocenters. The Bertz CT molecular complexity index is 466. The number of hydrogen-bond donors (Lipinski definition) is 2. The van der Waals surface area contributed by atoms with Crippen LogP contribution in [0.5, 0.6) is 0 Å². The molecule has 0 aromatic carbocycles. The van der Waals surface area contributed by atoms with Crippen molar-refractivity contribution in [1.82, 2.24) is 15.5 Å². The number of hydrogen-bond acceptors (Lipinski definition) is 8. The Labute approximate surface area is 125 Å². The molecule has 0 aliphatic rings. The smallest absolute Gasteiger partial charge is 0.328 e. The summed E-state index contributed by atoms with van der Waals surface area (Å²) in [5, 5.41) is 10.5. The van der Waals surface area contributed by atoms with Crippen molar-refractivity contribution < 1.29 is 14.3 Å². The van der Waals surface area contributed by atoms with Crippen molar-refractivity contribution in [2.24, 2.45) is 5.92 Å². The highest BCUT2D eigenvalue weighted by atomic mass is 32.2. The van der Waals surface area contributed by atoms with E-state index >= 15 is 0 Å². The summed E-state index contributed by atoms with van der Waals surface area (Å²) in [7, 11) is 1.31. The van der Waals surface area contributed by atoms with Crippen LogP contribution < -0.4 is 11.1 Å². The Morgan fingerprint density at radius 2 is 2.20 bits per heavy atom. The maximum Gasteiger partial charge on any atom is 0.328 e. The van der Waals surface area contributed by atoms with E-state index in [0.717, 1.165) is 6.42 Å². The first kappa shape index (κ1) is 16.7. The largest absolute Gasteiger partial charge is 0.467 e. The van der Waals surface area contributed by atoms with Gasteiger partial charge in [0.05, 0.1) is 12.9 Å². The van der Waals surface area contributed by atoms with Crippen LogP contribution in [0.25, 0.3) is 0 Å². The SMILES string of the molecule is CCC(C)C(NC(=O)CSc1nnc(N)s1)C(=O)OC. The number of nitrogen functional groups attached to an aromatic ring is 1. The van der Waals surface area contributed by atoms with Crippen LogP contribution in [0.2, 0.25) is 0 Å². The molecule has 0 aliphatic carbocycles. The lowest BCUT2D eigenvalue weighted by molar-refractivity contribution is -0.146. The third-order valence-electron chi connectivity index (χ3n) is 2.73. The van der Waals surface area contributed by atoms with Crippen LogP contribution in [-0.4, -0.2) is 41.0 Å². The molecule has 0 bridgehead atoms. The minimum Gasteiger partial charge on any atom is -0.467 e. The molecule has 7 nitrogen and oxygen atoms in total. The highest BCUT2D eigenvalue weighted by Gasteiger charge is 2.26. The predicted octanol–water partition coefficient (Wildman–Crippen LogP) is 0.916. The fourth-order valence-corrected chi connectivity index (χ4v) is 2.86. The Balaban J connectivity index is 2.51. The number of nitrogens with zero attached hydrogens (tertiary/aromatic N) is 2. The summed E-state index contributed by atoms with van der Waals surface area (Å²) < 4.78 is 5.33. The maximum absolute atomic E-state index is 11.9. The number of rotatable bonds is 7. The molecule has 112 valence electrons. The summed E-state index contributed by atoms with van der Waals surface area (Å²) in [5.74, 6) is -0.524. The summed E-state index contributed by atoms with van der Waals surface area (Å²) >= 11 is 2.45. The molecule has 20 heavy (non-hydrogen) atoms. The van der Waals surface area contributed by atoms with Gasteiger partial charge in [0.2, 0.25) is 11.0 Å². The van der Waals surface area contributed by atoms with Gasteiger partial charge in [-0.1, -0.05) is 43.4 Å². The number of aromatic nitrogens is 2. The van der Waals surface area contributed by atoms with Crippen molar-refractivity contribution in [2.45, 2.75) is 30.6 Å². The molecule has 0 saturated heterocycles. The maximum atomic E-state index is 11.9. The number of carbonyl (C=O) groups excluding carboxylic acids is 2. The number of methoxy groups -OCH3 is 1. The Hall–Kier alpha value is -1.35. The Kier molecular flexibility index (Phi) is 6.73. The number of thioether (sulfide) groups is 1. The lowest BCUT2D eigenvalue weighted by Gasteiger charge is -2.21. The van der Waals surface area contributed by atoms with Gasteiger partial charge in [0.1, 0.15) is 6.04 Å². The highest BCUT2D eigenvalue weighted by molar-refractivity contribution is 8.01. The van der Waals surface area contributed by atoms with Crippen LogP contribution in [-0.2, 0) is 14.3 Å². The van der Waals surface area contributed by atoms with E-state index in [-0.39, 0.29) is 17.6 Å². The molecule has 1 amide bonds. The zero-order valence-corrected chi connectivity index (χ0v) is 13.2. The molecule has 9 heteroatoms. The van der Waals surface area contributed by atoms with Gasteiger partial charge in [-0.05, 0) is 5.92 Å². The minimum atomic E-state index is -0.627. The van der Waals surface area contributed by atoms with E-state index in [0.29, 0.717) is 9.47 Å². The van der Waals surface area contributed by atoms with Gasteiger partial charge in [-0.3, -0.25) is 4.79 Å². The first-order valence-electron chi connectivity index (χ1n) is 6.06. The summed E-state index contributed by atoms with van der Waals surface area (Å²) in [6.45, 7) is 3.84. The zero-order chi connectivity index (χ0) is 15.1. The van der Waals surface area contributed by atoms with Crippen molar-refractivity contribution in [2.75, 3.05) is 18.6 Å². The molecule has 1 aromatic heterocycles. The van der Waals surface area contributed by atoms with Crippen molar-refractivity contribution in [3.63, 3.8) is 0 Å². The lowest BCUT2D eigenvalue weighted by atomic mass is 9.99. The second-order valence-corrected chi connectivity index (χ2v) is 6.38. The van der Waals surface area contributed by atoms with Crippen molar-refractivity contribution in [3.05, 3.63) is 0 Å². The molecule has 0 radical (unpaired) electrons. The Morgan fingerprint density at radius 1 is 1.50 bits per heavy atom. The van der Waals surface area contributed by atoms with Gasteiger partial charge in [-0.2, -0.15) is 0 Å². The molecule has 1 rings (SSSR count). The fourth-order valence-electron chi connectivity index (χ4n) is 1.42. The van der Waals surface area contributed by atoms with Gasteiger partial charge < -0.3 is 15.8 Å². The summed E-state index contributed by atoms with van der Waals surface area (Å²) in [5.41, 5.74) is 5.45. The van der Waals surface area contributed by atoms with Gasteiger partial charge in [0.25, 0.3) is 0 Å². The number of anilines is 1. The molecule has 0 spiro atoms. The van der Waals surface area contributed by atoms with E-state index in [1.165, 1.54) is 30.2 Å². The van der Waals surface area contributed by atoms with E-state index in [1.807, 2.05) is 13.8 Å². The number of amides is 1. The zero-order valence-electron chi connectivity index (χ0n) is 11.6. The summed E-state index contributed by atoms with van der Waals surface area (Å²) in [4.78, 5) is 23.5. The monoisotopic (exact) mass is 318 g/mol. The van der Waals surface area contributed by atoms with E-state index in [2.05, 4.69) is 15.5 Å². The average Bonchev–Trinajstić information content (AvgIpc) is 2.86. The van der Waals surface area contributed by atoms with Crippen LogP contribution in [0.15, 0.2) is 4.34 Å². The van der Waals surface area contributed by atoms with Crippen molar-refractivity contribution in [1.29, 1.82) is 0 Å². The molecular formula is C11H18N4O3S2. The van der Waals surface area contributed by atoms with Gasteiger partial charge in [-0.25, -0.2) is 4.79 Å². The molecule has 0 aliphatic heterocycles. The standard InChI is InChI=1S/C11H18N4O3S2/c1-4-6(2)8(9(17)18-3)13-7(16)5-19-11-15-14-10(12)20-11/h6,8H,4-5H2,1-3H3,(H2,12,14)(H,13,16). The second kappa shape index (κ2) is 8.05. The van der Waals surface area contributed by atoms with Crippen LogP contribution in [0, 0.1) is 5.92 Å². The topological polar surface area (TPSA) is 107 Å². The normalized spacial score (nSPS) is 13.6. The van der Waals surface area contributed by atoms with Gasteiger partial charge in [-0.15, -0.1) is 10.2 Å². The van der Waals surface area contributed by atoms with E-state index in [1.54, 1.807) is 0 Å². The molecular weight excluding hydrogens is 300 g/mol. The first-order chi connectivity index (χ1) is 9.47. The molecule has 1 aromatic rings. The van der Waals surface area contributed by atoms with E-state index < -0.39 is 12.0 Å². The minimum absolute atomic E-state index is 0.00794. The number of ether oxygens (including phenoxy) is 1. The summed E-state index contributed by atoms with van der Waals surface area (Å²) in [6, 6.07) is -0.627. The molecule has 1 heterocycles. The molecule has 0 fully saturated rings. The predicted molar refractivity (Wildman–Crippen MR) is 78.4 cm³/mol. The quantitative estimate of drug-likeness (QED) is 0.568. The average molecular weight is 318 g/mol. The number of nitrogens with one attached hydrogen (secondary N) is 1. The van der Waals surface area contributed by atoms with E-state index in [9.17, 15) is 9.59 Å².